The Balaban J connectivity index is 1.97. The molecule has 2 aromatic heterocycles. The van der Waals surface area contributed by atoms with Crippen molar-refractivity contribution in [2.45, 2.75) is 13.8 Å². The largest absolute Gasteiger partial charge is 0.451 e. The molecule has 0 aliphatic carbocycles. The van der Waals surface area contributed by atoms with Crippen LogP contribution in [0.3, 0.4) is 0 Å². The summed E-state index contributed by atoms with van der Waals surface area (Å²) in [5.74, 6) is 0.0198. The van der Waals surface area contributed by atoms with Crippen LogP contribution in [0.4, 0.5) is 10.3 Å². The maximum atomic E-state index is 13.2. The second-order valence-corrected chi connectivity index (χ2v) is 4.40. The minimum absolute atomic E-state index is 0.119. The topological polar surface area (TPSA) is 83.8 Å². The Bertz CT molecular complexity index is 806. The third-order valence-electron chi connectivity index (χ3n) is 2.93. The molecule has 0 saturated heterocycles. The van der Waals surface area contributed by atoms with Gasteiger partial charge in [-0.1, -0.05) is 0 Å². The highest BCUT2D eigenvalue weighted by atomic mass is 19.1. The quantitative estimate of drug-likeness (QED) is 0.752. The number of fused-ring (bicyclic) bond motifs is 1. The number of aryl methyl sites for hydroxylation is 2. The number of aromatic nitrogens is 3. The lowest BCUT2D eigenvalue weighted by Crippen LogP contribution is -2.13. The first-order chi connectivity index (χ1) is 9.54. The van der Waals surface area contributed by atoms with Crippen molar-refractivity contribution in [3.63, 3.8) is 0 Å². The summed E-state index contributed by atoms with van der Waals surface area (Å²) < 4.78 is 18.7. The molecule has 0 radical (unpaired) electrons. The number of nitrogens with zero attached hydrogens (tertiary/aromatic N) is 2. The maximum Gasteiger partial charge on any atom is 0.294 e. The normalized spacial score (nSPS) is 10.9. The number of benzene rings is 1. The number of furan rings is 1. The van der Waals surface area contributed by atoms with Gasteiger partial charge >= 0.3 is 0 Å². The molecule has 0 aliphatic heterocycles. The summed E-state index contributed by atoms with van der Waals surface area (Å²) in [6.07, 6.45) is 0. The van der Waals surface area contributed by atoms with E-state index in [4.69, 9.17) is 4.42 Å². The van der Waals surface area contributed by atoms with Crippen LogP contribution in [0, 0.1) is 19.7 Å². The van der Waals surface area contributed by atoms with Gasteiger partial charge in [0.05, 0.1) is 0 Å². The van der Waals surface area contributed by atoms with E-state index in [2.05, 4.69) is 20.5 Å². The number of carbonyl (C=O) groups is 1. The summed E-state index contributed by atoms with van der Waals surface area (Å²) >= 11 is 0. The van der Waals surface area contributed by atoms with Crippen LogP contribution >= 0.6 is 0 Å². The predicted octanol–water partition coefficient (Wildman–Crippen LogP) is 2.56. The minimum Gasteiger partial charge on any atom is -0.451 e. The number of nitrogens with one attached hydrogen (secondary N) is 2. The maximum absolute atomic E-state index is 13.2. The number of aromatic amines is 1. The summed E-state index contributed by atoms with van der Waals surface area (Å²) in [5.41, 5.74) is 1.03. The van der Waals surface area contributed by atoms with Crippen molar-refractivity contribution in [3.8, 4) is 0 Å². The minimum atomic E-state index is -0.474. The Hall–Kier alpha value is -2.70. The molecule has 2 heterocycles. The van der Waals surface area contributed by atoms with Crippen molar-refractivity contribution in [2.24, 2.45) is 0 Å². The molecular weight excluding hydrogens is 263 g/mol. The first-order valence-electron chi connectivity index (χ1n) is 5.93. The Kier molecular flexibility index (Phi) is 2.74. The van der Waals surface area contributed by atoms with Gasteiger partial charge in [0.2, 0.25) is 5.95 Å². The third-order valence-corrected chi connectivity index (χ3v) is 2.93. The number of halogens is 1. The van der Waals surface area contributed by atoms with Gasteiger partial charge in [-0.25, -0.2) is 4.39 Å². The molecule has 1 aromatic carbocycles. The molecule has 0 atom stereocenters. The predicted molar refractivity (Wildman–Crippen MR) is 70.0 cm³/mol. The lowest BCUT2D eigenvalue weighted by Gasteiger charge is -1.97. The van der Waals surface area contributed by atoms with Gasteiger partial charge in [-0.3, -0.25) is 15.2 Å². The van der Waals surface area contributed by atoms with Crippen LogP contribution in [0.25, 0.3) is 11.0 Å². The molecular formula is C13H11FN4O2. The highest BCUT2D eigenvalue weighted by molar-refractivity contribution is 6.05. The van der Waals surface area contributed by atoms with Crippen LogP contribution in [0.1, 0.15) is 21.9 Å². The first-order valence-corrected chi connectivity index (χ1v) is 5.93. The van der Waals surface area contributed by atoms with Crippen LogP contribution in [-0.4, -0.2) is 21.1 Å². The summed E-state index contributed by atoms with van der Waals surface area (Å²) in [4.78, 5) is 16.1. The fourth-order valence-corrected chi connectivity index (χ4v) is 1.97. The SMILES string of the molecule is Cc1nc(NC(=O)c2oc3ccc(F)cc3c2C)n[nH]1. The van der Waals surface area contributed by atoms with Crippen molar-refractivity contribution in [3.05, 3.63) is 41.2 Å². The number of anilines is 1. The Morgan fingerprint density at radius 1 is 1.40 bits per heavy atom. The van der Waals surface area contributed by atoms with Gasteiger partial charge in [0, 0.05) is 10.9 Å². The van der Waals surface area contributed by atoms with E-state index < -0.39 is 5.91 Å². The fraction of sp³-hybridized carbons (Fsp3) is 0.154. The fourth-order valence-electron chi connectivity index (χ4n) is 1.97. The molecule has 1 amide bonds. The molecule has 0 aliphatic rings. The van der Waals surface area contributed by atoms with E-state index in [1.807, 2.05) is 0 Å². The lowest BCUT2D eigenvalue weighted by molar-refractivity contribution is 0.0997. The van der Waals surface area contributed by atoms with Crippen LogP contribution in [0.2, 0.25) is 0 Å². The van der Waals surface area contributed by atoms with E-state index in [0.29, 0.717) is 22.4 Å². The molecule has 0 unspecified atom stereocenters. The smallest absolute Gasteiger partial charge is 0.294 e. The highest BCUT2D eigenvalue weighted by Gasteiger charge is 2.19. The van der Waals surface area contributed by atoms with Crippen molar-refractivity contribution < 1.29 is 13.6 Å². The highest BCUT2D eigenvalue weighted by Crippen LogP contribution is 2.26. The zero-order valence-corrected chi connectivity index (χ0v) is 10.8. The summed E-state index contributed by atoms with van der Waals surface area (Å²) in [6.45, 7) is 3.42. The number of H-pyrrole nitrogens is 1. The third kappa shape index (κ3) is 2.03. The van der Waals surface area contributed by atoms with E-state index in [9.17, 15) is 9.18 Å². The molecule has 2 N–H and O–H groups in total. The van der Waals surface area contributed by atoms with Crippen LogP contribution in [0.5, 0.6) is 0 Å². The molecule has 0 fully saturated rings. The van der Waals surface area contributed by atoms with Crippen molar-refractivity contribution in [1.82, 2.24) is 15.2 Å². The number of hydrogen-bond donors (Lipinski definition) is 2. The van der Waals surface area contributed by atoms with E-state index >= 15 is 0 Å². The van der Waals surface area contributed by atoms with Crippen molar-refractivity contribution in [2.75, 3.05) is 5.32 Å². The number of hydrogen-bond acceptors (Lipinski definition) is 4. The second kappa shape index (κ2) is 4.44. The number of carbonyl (C=O) groups excluding carboxylic acids is 1. The average Bonchev–Trinajstić information content (AvgIpc) is 2.94. The van der Waals surface area contributed by atoms with Gasteiger partial charge in [-0.2, -0.15) is 4.98 Å². The second-order valence-electron chi connectivity index (χ2n) is 4.40. The van der Waals surface area contributed by atoms with Gasteiger partial charge in [0.1, 0.15) is 17.2 Å². The molecule has 102 valence electrons. The summed E-state index contributed by atoms with van der Waals surface area (Å²) in [6, 6.07) is 4.11. The van der Waals surface area contributed by atoms with Gasteiger partial charge in [0.15, 0.2) is 5.76 Å². The average molecular weight is 274 g/mol. The Morgan fingerprint density at radius 2 is 2.20 bits per heavy atom. The standard InChI is InChI=1S/C13H11FN4O2/c1-6-9-5-8(14)3-4-10(9)20-11(6)12(19)16-13-15-7(2)17-18-13/h3-5H,1-2H3,(H2,15,16,17,18,19). The molecule has 3 rings (SSSR count). The molecule has 6 nitrogen and oxygen atoms in total. The van der Waals surface area contributed by atoms with E-state index in [1.165, 1.54) is 18.2 Å². The Labute approximate surface area is 113 Å². The monoisotopic (exact) mass is 274 g/mol. The summed E-state index contributed by atoms with van der Waals surface area (Å²) in [5, 5.41) is 9.51. The zero-order chi connectivity index (χ0) is 14.3. The molecule has 0 spiro atoms. The van der Waals surface area contributed by atoms with Gasteiger partial charge < -0.3 is 4.42 Å². The van der Waals surface area contributed by atoms with Gasteiger partial charge in [-0.15, -0.1) is 5.10 Å². The summed E-state index contributed by atoms with van der Waals surface area (Å²) in [7, 11) is 0. The molecule has 7 heteroatoms. The van der Waals surface area contributed by atoms with Crippen LogP contribution < -0.4 is 5.32 Å². The van der Waals surface area contributed by atoms with Crippen molar-refractivity contribution in [1.29, 1.82) is 0 Å². The van der Waals surface area contributed by atoms with Gasteiger partial charge in [0.25, 0.3) is 5.91 Å². The number of rotatable bonds is 2. The molecule has 0 bridgehead atoms. The molecule has 20 heavy (non-hydrogen) atoms. The Morgan fingerprint density at radius 3 is 2.90 bits per heavy atom. The lowest BCUT2D eigenvalue weighted by atomic mass is 10.1. The molecule has 3 aromatic rings. The van der Waals surface area contributed by atoms with Crippen LogP contribution in [0.15, 0.2) is 22.6 Å². The van der Waals surface area contributed by atoms with E-state index in [1.54, 1.807) is 13.8 Å². The van der Waals surface area contributed by atoms with E-state index in [0.717, 1.165) is 0 Å². The van der Waals surface area contributed by atoms with Crippen molar-refractivity contribution >= 4 is 22.8 Å². The molecule has 0 saturated carbocycles. The zero-order valence-electron chi connectivity index (χ0n) is 10.8. The van der Waals surface area contributed by atoms with Gasteiger partial charge in [-0.05, 0) is 32.0 Å². The van der Waals surface area contributed by atoms with E-state index in [-0.39, 0.29) is 17.5 Å². The van der Waals surface area contributed by atoms with Crippen LogP contribution in [-0.2, 0) is 0 Å². The number of amides is 1. The first kappa shape index (κ1) is 12.3.